The van der Waals surface area contributed by atoms with Gasteiger partial charge in [-0.25, -0.2) is 4.98 Å². The Kier molecular flexibility index (Phi) is 7.25. The molecule has 5 nitrogen and oxygen atoms in total. The van der Waals surface area contributed by atoms with Gasteiger partial charge in [-0.05, 0) is 12.8 Å². The highest BCUT2D eigenvalue weighted by Crippen LogP contribution is 2.12. The Hall–Kier alpha value is -1.30. The lowest BCUT2D eigenvalue weighted by Crippen LogP contribution is -2.12. The summed E-state index contributed by atoms with van der Waals surface area (Å²) in [4.78, 5) is 29.7. The summed E-state index contributed by atoms with van der Waals surface area (Å²) in [5, 5.41) is 0.475. The van der Waals surface area contributed by atoms with Crippen LogP contribution >= 0.6 is 11.8 Å². The van der Waals surface area contributed by atoms with E-state index < -0.39 is 0 Å². The number of rotatable bonds is 8. The maximum absolute atomic E-state index is 11.4. The van der Waals surface area contributed by atoms with Crippen LogP contribution in [0, 0.1) is 0 Å². The van der Waals surface area contributed by atoms with Gasteiger partial charge in [0, 0.05) is 11.8 Å². The van der Waals surface area contributed by atoms with E-state index in [-0.39, 0.29) is 17.3 Å². The van der Waals surface area contributed by atoms with E-state index in [1.807, 2.05) is 13.8 Å². The first kappa shape index (κ1) is 15.8. The zero-order valence-corrected chi connectivity index (χ0v) is 12.2. The maximum Gasteiger partial charge on any atom is 0.316 e. The molecule has 1 rings (SSSR count). The molecule has 19 heavy (non-hydrogen) atoms. The molecule has 6 heteroatoms. The minimum absolute atomic E-state index is 0.169. The Bertz CT molecular complexity index is 459. The van der Waals surface area contributed by atoms with Gasteiger partial charge < -0.3 is 9.72 Å². The molecule has 0 amide bonds. The molecule has 0 saturated heterocycles. The molecule has 0 aliphatic rings. The molecule has 0 atom stereocenters. The van der Waals surface area contributed by atoms with Crippen LogP contribution in [0.15, 0.2) is 16.0 Å². The summed E-state index contributed by atoms with van der Waals surface area (Å²) < 4.78 is 5.03. The number of carbonyl (C=O) groups excluding carboxylic acids is 1. The largest absolute Gasteiger partial charge is 0.465 e. The maximum atomic E-state index is 11.4. The van der Waals surface area contributed by atoms with Crippen LogP contribution in [-0.2, 0) is 16.0 Å². The van der Waals surface area contributed by atoms with Crippen molar-refractivity contribution in [3.05, 3.63) is 22.1 Å². The second kappa shape index (κ2) is 8.74. The van der Waals surface area contributed by atoms with Gasteiger partial charge in [0.05, 0.1) is 12.4 Å². The summed E-state index contributed by atoms with van der Waals surface area (Å²) >= 11 is 1.20. The number of thioether (sulfide) groups is 1. The van der Waals surface area contributed by atoms with Crippen LogP contribution in [0.2, 0.25) is 0 Å². The van der Waals surface area contributed by atoms with E-state index >= 15 is 0 Å². The lowest BCUT2D eigenvalue weighted by molar-refractivity contribution is -0.140. The lowest BCUT2D eigenvalue weighted by Gasteiger charge is -2.04. The normalized spacial score (nSPS) is 10.4. The fourth-order valence-electron chi connectivity index (χ4n) is 1.44. The topological polar surface area (TPSA) is 72.0 Å². The van der Waals surface area contributed by atoms with Crippen molar-refractivity contribution in [1.82, 2.24) is 9.97 Å². The van der Waals surface area contributed by atoms with Gasteiger partial charge in [0.1, 0.15) is 0 Å². The summed E-state index contributed by atoms with van der Waals surface area (Å²) in [5.74, 6) is -0.107. The van der Waals surface area contributed by atoms with Crippen molar-refractivity contribution in [2.75, 3.05) is 12.4 Å². The fourth-order valence-corrected chi connectivity index (χ4v) is 2.13. The third-order valence-electron chi connectivity index (χ3n) is 2.37. The predicted molar refractivity (Wildman–Crippen MR) is 75.4 cm³/mol. The second-order valence-corrected chi connectivity index (χ2v) is 5.12. The van der Waals surface area contributed by atoms with Crippen molar-refractivity contribution in [2.45, 2.75) is 44.7 Å². The first-order valence-corrected chi connectivity index (χ1v) is 7.53. The summed E-state index contributed by atoms with van der Waals surface area (Å²) in [7, 11) is 0. The lowest BCUT2D eigenvalue weighted by atomic mass is 10.2. The van der Waals surface area contributed by atoms with E-state index in [1.165, 1.54) is 17.8 Å². The zero-order valence-electron chi connectivity index (χ0n) is 11.4. The molecule has 1 aromatic rings. The van der Waals surface area contributed by atoms with E-state index in [9.17, 15) is 9.59 Å². The average Bonchev–Trinajstić information content (AvgIpc) is 2.36. The number of aryl methyl sites for hydroxylation is 1. The quantitative estimate of drug-likeness (QED) is 0.343. The Morgan fingerprint density at radius 1 is 1.42 bits per heavy atom. The molecule has 0 spiro atoms. The first-order chi connectivity index (χ1) is 9.15. The summed E-state index contributed by atoms with van der Waals surface area (Å²) in [5.41, 5.74) is 0.577. The van der Waals surface area contributed by atoms with Crippen LogP contribution in [0.5, 0.6) is 0 Å². The van der Waals surface area contributed by atoms with Crippen molar-refractivity contribution < 1.29 is 9.53 Å². The predicted octanol–water partition coefficient (Wildman–Crippen LogP) is 2.16. The fraction of sp³-hybridized carbons (Fsp3) is 0.615. The molecule has 0 aromatic carbocycles. The van der Waals surface area contributed by atoms with E-state index in [1.54, 1.807) is 0 Å². The van der Waals surface area contributed by atoms with Crippen LogP contribution in [0.4, 0.5) is 0 Å². The molecule has 1 N–H and O–H groups in total. The van der Waals surface area contributed by atoms with Crippen molar-refractivity contribution in [3.63, 3.8) is 0 Å². The van der Waals surface area contributed by atoms with Crippen molar-refractivity contribution >= 4 is 17.7 Å². The summed E-state index contributed by atoms with van der Waals surface area (Å²) in [6.45, 7) is 4.52. The summed E-state index contributed by atoms with van der Waals surface area (Å²) in [6, 6.07) is 1.49. The van der Waals surface area contributed by atoms with Gasteiger partial charge in [-0.3, -0.25) is 9.59 Å². The Morgan fingerprint density at radius 3 is 2.89 bits per heavy atom. The van der Waals surface area contributed by atoms with Crippen LogP contribution < -0.4 is 5.56 Å². The SMILES string of the molecule is CCCCOC(=O)CSc1nc(CCC)cc(=O)[nH]1. The molecular weight excluding hydrogens is 264 g/mol. The minimum atomic E-state index is -0.276. The van der Waals surface area contributed by atoms with Gasteiger partial charge in [0.2, 0.25) is 0 Å². The van der Waals surface area contributed by atoms with Crippen molar-refractivity contribution in [3.8, 4) is 0 Å². The van der Waals surface area contributed by atoms with E-state index in [2.05, 4.69) is 9.97 Å². The van der Waals surface area contributed by atoms with Crippen LogP contribution in [0.3, 0.4) is 0 Å². The third kappa shape index (κ3) is 6.42. The Morgan fingerprint density at radius 2 is 2.21 bits per heavy atom. The molecule has 106 valence electrons. The minimum Gasteiger partial charge on any atom is -0.465 e. The standard InChI is InChI=1S/C13H20N2O3S/c1-3-5-7-18-12(17)9-19-13-14-10(6-4-2)8-11(16)15-13/h8H,3-7,9H2,1-2H3,(H,14,15,16). The molecule has 1 heterocycles. The van der Waals surface area contributed by atoms with E-state index in [0.717, 1.165) is 31.4 Å². The molecule has 1 aromatic heterocycles. The van der Waals surface area contributed by atoms with Gasteiger partial charge in [-0.1, -0.05) is 38.5 Å². The Labute approximate surface area is 117 Å². The zero-order chi connectivity index (χ0) is 14.1. The molecule has 0 unspecified atom stereocenters. The highest BCUT2D eigenvalue weighted by molar-refractivity contribution is 7.99. The van der Waals surface area contributed by atoms with Gasteiger partial charge in [0.15, 0.2) is 5.16 Å². The number of ether oxygens (including phenoxy) is 1. The van der Waals surface area contributed by atoms with Crippen molar-refractivity contribution in [1.29, 1.82) is 0 Å². The highest BCUT2D eigenvalue weighted by Gasteiger charge is 2.07. The van der Waals surface area contributed by atoms with E-state index in [0.29, 0.717) is 11.8 Å². The number of hydrogen-bond acceptors (Lipinski definition) is 5. The number of aromatic amines is 1. The molecule has 0 aliphatic heterocycles. The average molecular weight is 284 g/mol. The summed E-state index contributed by atoms with van der Waals surface area (Å²) in [6.07, 6.45) is 3.56. The molecule has 0 aliphatic carbocycles. The molecule has 0 saturated carbocycles. The number of aromatic nitrogens is 2. The molecule has 0 bridgehead atoms. The van der Waals surface area contributed by atoms with Gasteiger partial charge >= 0.3 is 5.97 Å². The number of nitrogens with one attached hydrogen (secondary N) is 1. The van der Waals surface area contributed by atoms with Gasteiger partial charge in [-0.15, -0.1) is 0 Å². The number of carbonyl (C=O) groups is 1. The number of nitrogens with zero attached hydrogens (tertiary/aromatic N) is 1. The van der Waals surface area contributed by atoms with E-state index in [4.69, 9.17) is 4.74 Å². The van der Waals surface area contributed by atoms with Crippen LogP contribution in [-0.4, -0.2) is 28.3 Å². The highest BCUT2D eigenvalue weighted by atomic mass is 32.2. The smallest absolute Gasteiger partial charge is 0.316 e. The third-order valence-corrected chi connectivity index (χ3v) is 3.21. The number of esters is 1. The monoisotopic (exact) mass is 284 g/mol. The number of hydrogen-bond donors (Lipinski definition) is 1. The first-order valence-electron chi connectivity index (χ1n) is 6.54. The Balaban J connectivity index is 2.48. The molecule has 0 fully saturated rings. The van der Waals surface area contributed by atoms with Crippen LogP contribution in [0.25, 0.3) is 0 Å². The number of unbranched alkanes of at least 4 members (excludes halogenated alkanes) is 1. The van der Waals surface area contributed by atoms with Gasteiger partial charge in [0.25, 0.3) is 5.56 Å². The molecule has 0 radical (unpaired) electrons. The number of H-pyrrole nitrogens is 1. The molecular formula is C13H20N2O3S. The van der Waals surface area contributed by atoms with Crippen molar-refractivity contribution in [2.24, 2.45) is 0 Å². The van der Waals surface area contributed by atoms with Gasteiger partial charge in [-0.2, -0.15) is 0 Å². The van der Waals surface area contributed by atoms with Crippen LogP contribution in [0.1, 0.15) is 38.8 Å². The second-order valence-electron chi connectivity index (χ2n) is 4.15.